The van der Waals surface area contributed by atoms with Crippen molar-refractivity contribution in [2.24, 2.45) is 11.8 Å². The fourth-order valence-corrected chi connectivity index (χ4v) is 2.95. The molecule has 20 heavy (non-hydrogen) atoms. The van der Waals surface area contributed by atoms with Gasteiger partial charge in [0.1, 0.15) is 5.69 Å². The molecule has 0 spiro atoms. The molecule has 1 aromatic rings. The lowest BCUT2D eigenvalue weighted by Gasteiger charge is -2.13. The molecule has 1 saturated heterocycles. The Kier molecular flexibility index (Phi) is 3.13. The summed E-state index contributed by atoms with van der Waals surface area (Å²) in [4.78, 5) is 10.8. The third-order valence-electron chi connectivity index (χ3n) is 4.11. The van der Waals surface area contributed by atoms with Crippen LogP contribution in [0, 0.1) is 22.0 Å². The van der Waals surface area contributed by atoms with E-state index in [2.05, 4.69) is 10.6 Å². The van der Waals surface area contributed by atoms with Gasteiger partial charge in [0, 0.05) is 25.2 Å². The van der Waals surface area contributed by atoms with Crippen LogP contribution in [0.2, 0.25) is 0 Å². The van der Waals surface area contributed by atoms with Gasteiger partial charge in [-0.15, -0.1) is 0 Å². The summed E-state index contributed by atoms with van der Waals surface area (Å²) in [6.45, 7) is 1.95. The normalized spacial score (nSPS) is 26.8. The van der Waals surface area contributed by atoms with Crippen molar-refractivity contribution in [3.8, 4) is 11.5 Å². The van der Waals surface area contributed by atoms with E-state index in [1.807, 2.05) is 0 Å². The minimum Gasteiger partial charge on any atom is -0.493 e. The summed E-state index contributed by atoms with van der Waals surface area (Å²) in [5.74, 6) is 2.00. The Morgan fingerprint density at radius 2 is 1.85 bits per heavy atom. The van der Waals surface area contributed by atoms with E-state index in [9.17, 15) is 10.1 Å². The predicted octanol–water partition coefficient (Wildman–Crippen LogP) is 1.24. The first-order chi connectivity index (χ1) is 9.65. The number of hydrogen-bond donors (Lipinski definition) is 2. The van der Waals surface area contributed by atoms with E-state index in [1.54, 1.807) is 6.07 Å². The number of hydrogen-bond acceptors (Lipinski definition) is 6. The summed E-state index contributed by atoms with van der Waals surface area (Å²) in [5, 5.41) is 17.8. The van der Waals surface area contributed by atoms with Crippen LogP contribution in [0.25, 0.3) is 0 Å². The predicted molar refractivity (Wildman–Crippen MR) is 73.5 cm³/mol. The topological polar surface area (TPSA) is 85.7 Å². The highest BCUT2D eigenvalue weighted by Crippen LogP contribution is 2.46. The molecule has 1 saturated carbocycles. The van der Waals surface area contributed by atoms with Crippen molar-refractivity contribution in [1.82, 2.24) is 5.32 Å². The van der Waals surface area contributed by atoms with E-state index in [0.717, 1.165) is 13.1 Å². The van der Waals surface area contributed by atoms with Crippen molar-refractivity contribution >= 4 is 11.4 Å². The monoisotopic (exact) mass is 279 g/mol. The van der Waals surface area contributed by atoms with Crippen LogP contribution in [-0.4, -0.2) is 38.3 Å². The Morgan fingerprint density at radius 3 is 2.40 bits per heavy atom. The Balaban J connectivity index is 1.89. The van der Waals surface area contributed by atoms with Crippen molar-refractivity contribution in [3.05, 3.63) is 22.2 Å². The number of piperidine rings is 1. The maximum Gasteiger partial charge on any atom is 0.296 e. The van der Waals surface area contributed by atoms with Gasteiger partial charge in [0.25, 0.3) is 5.69 Å². The van der Waals surface area contributed by atoms with Crippen LogP contribution in [0.4, 0.5) is 11.4 Å². The van der Waals surface area contributed by atoms with Gasteiger partial charge < -0.3 is 20.1 Å². The zero-order valence-corrected chi connectivity index (χ0v) is 11.4. The molecule has 7 heteroatoms. The minimum absolute atomic E-state index is 0.0144. The first kappa shape index (κ1) is 13.0. The molecular formula is C13H17N3O4. The lowest BCUT2D eigenvalue weighted by molar-refractivity contribution is -0.384. The van der Waals surface area contributed by atoms with E-state index >= 15 is 0 Å². The Hall–Kier alpha value is -2.02. The quantitative estimate of drug-likeness (QED) is 0.623. The molecule has 3 rings (SSSR count). The molecule has 2 atom stereocenters. The van der Waals surface area contributed by atoms with Gasteiger partial charge >= 0.3 is 0 Å². The van der Waals surface area contributed by atoms with E-state index in [-0.39, 0.29) is 5.69 Å². The smallest absolute Gasteiger partial charge is 0.296 e. The van der Waals surface area contributed by atoms with E-state index < -0.39 is 4.92 Å². The van der Waals surface area contributed by atoms with Crippen molar-refractivity contribution in [3.63, 3.8) is 0 Å². The van der Waals surface area contributed by atoms with Crippen LogP contribution < -0.4 is 20.1 Å². The number of ether oxygens (including phenoxy) is 2. The number of anilines is 1. The van der Waals surface area contributed by atoms with Crippen LogP contribution in [0.5, 0.6) is 11.5 Å². The fraction of sp³-hybridized carbons (Fsp3) is 0.538. The van der Waals surface area contributed by atoms with Crippen LogP contribution in [-0.2, 0) is 0 Å². The zero-order valence-electron chi connectivity index (χ0n) is 11.4. The molecule has 0 aromatic heterocycles. The molecule has 2 N–H and O–H groups in total. The van der Waals surface area contributed by atoms with Crippen molar-refractivity contribution in [2.45, 2.75) is 6.04 Å². The summed E-state index contributed by atoms with van der Waals surface area (Å²) in [6.07, 6.45) is 0. The van der Waals surface area contributed by atoms with Gasteiger partial charge in [-0.05, 0) is 11.8 Å². The second-order valence-electron chi connectivity index (χ2n) is 5.14. The number of benzene rings is 1. The Labute approximate surface area is 116 Å². The lowest BCUT2D eigenvalue weighted by atomic mass is 10.2. The van der Waals surface area contributed by atoms with Gasteiger partial charge in [0.05, 0.1) is 25.2 Å². The van der Waals surface area contributed by atoms with Gasteiger partial charge in [-0.25, -0.2) is 0 Å². The van der Waals surface area contributed by atoms with Crippen LogP contribution >= 0.6 is 0 Å². The SMILES string of the molecule is COc1cc(NC2C3CNCC32)c([N+](=O)[O-])cc1OC. The van der Waals surface area contributed by atoms with Crippen LogP contribution in [0.1, 0.15) is 0 Å². The van der Waals surface area contributed by atoms with Gasteiger partial charge in [-0.2, -0.15) is 0 Å². The molecular weight excluding hydrogens is 262 g/mol. The van der Waals surface area contributed by atoms with Gasteiger partial charge in [-0.3, -0.25) is 10.1 Å². The zero-order chi connectivity index (χ0) is 14.3. The second-order valence-corrected chi connectivity index (χ2v) is 5.14. The Morgan fingerprint density at radius 1 is 1.25 bits per heavy atom. The molecule has 1 aromatic carbocycles. The highest BCUT2D eigenvalue weighted by atomic mass is 16.6. The number of nitrogens with zero attached hydrogens (tertiary/aromatic N) is 1. The molecule has 0 radical (unpaired) electrons. The average Bonchev–Trinajstić information content (AvgIpc) is 2.88. The summed E-state index contributed by atoms with van der Waals surface area (Å²) in [7, 11) is 2.98. The van der Waals surface area contributed by atoms with Crippen molar-refractivity contribution < 1.29 is 14.4 Å². The van der Waals surface area contributed by atoms with E-state index in [0.29, 0.717) is 35.1 Å². The second kappa shape index (κ2) is 4.82. The largest absolute Gasteiger partial charge is 0.493 e. The Bertz CT molecular complexity index is 539. The third-order valence-corrected chi connectivity index (χ3v) is 4.11. The van der Waals surface area contributed by atoms with Gasteiger partial charge in [0.2, 0.25) is 0 Å². The van der Waals surface area contributed by atoms with Crippen LogP contribution in [0.15, 0.2) is 12.1 Å². The molecule has 1 aliphatic heterocycles. The van der Waals surface area contributed by atoms with Gasteiger partial charge in [-0.1, -0.05) is 0 Å². The summed E-state index contributed by atoms with van der Waals surface area (Å²) in [6, 6.07) is 3.35. The average molecular weight is 279 g/mol. The molecule has 108 valence electrons. The molecule has 1 aliphatic carbocycles. The van der Waals surface area contributed by atoms with Crippen LogP contribution in [0.3, 0.4) is 0 Å². The minimum atomic E-state index is -0.402. The highest BCUT2D eigenvalue weighted by Gasteiger charge is 2.53. The number of rotatable bonds is 5. The molecule has 0 bridgehead atoms. The molecule has 7 nitrogen and oxygen atoms in total. The van der Waals surface area contributed by atoms with Crippen molar-refractivity contribution in [1.29, 1.82) is 0 Å². The third kappa shape index (κ3) is 2.03. The lowest BCUT2D eigenvalue weighted by Crippen LogP contribution is -2.21. The fourth-order valence-electron chi connectivity index (χ4n) is 2.95. The highest BCUT2D eigenvalue weighted by molar-refractivity contribution is 5.69. The number of nitro groups is 1. The maximum absolute atomic E-state index is 11.2. The van der Waals surface area contributed by atoms with E-state index in [1.165, 1.54) is 20.3 Å². The summed E-state index contributed by atoms with van der Waals surface area (Å²) in [5.41, 5.74) is 0.507. The number of nitro benzene ring substituents is 1. The summed E-state index contributed by atoms with van der Waals surface area (Å²) >= 11 is 0. The molecule has 2 fully saturated rings. The van der Waals surface area contributed by atoms with Gasteiger partial charge in [0.15, 0.2) is 11.5 Å². The maximum atomic E-state index is 11.2. The summed E-state index contributed by atoms with van der Waals surface area (Å²) < 4.78 is 10.3. The number of fused-ring (bicyclic) bond motifs is 1. The number of methoxy groups -OCH3 is 2. The molecule has 2 aliphatic rings. The number of nitrogens with one attached hydrogen (secondary N) is 2. The molecule has 1 heterocycles. The first-order valence-electron chi connectivity index (χ1n) is 6.53. The first-order valence-corrected chi connectivity index (χ1v) is 6.53. The van der Waals surface area contributed by atoms with E-state index in [4.69, 9.17) is 9.47 Å². The molecule has 2 unspecified atom stereocenters. The molecule has 0 amide bonds. The van der Waals surface area contributed by atoms with Crippen molar-refractivity contribution in [2.75, 3.05) is 32.6 Å². The standard InChI is InChI=1S/C13H17N3O4/c1-19-11-3-9(10(16(17)18)4-12(11)20-2)15-13-7-5-14-6-8(7)13/h3-4,7-8,13-15H,5-6H2,1-2H3.